The van der Waals surface area contributed by atoms with E-state index in [0.717, 1.165) is 23.5 Å². The Labute approximate surface area is 126 Å². The molecule has 3 nitrogen and oxygen atoms in total. The summed E-state index contributed by atoms with van der Waals surface area (Å²) in [4.78, 5) is 14.4. The van der Waals surface area contributed by atoms with Crippen LogP contribution >= 0.6 is 0 Å². The van der Waals surface area contributed by atoms with Gasteiger partial charge in [0.15, 0.2) is 5.78 Å². The monoisotopic (exact) mass is 283 g/mol. The van der Waals surface area contributed by atoms with Crippen LogP contribution in [0.3, 0.4) is 0 Å². The number of carbonyl (C=O) groups excluding carboxylic acids is 1. The first-order chi connectivity index (χ1) is 10.2. The molecule has 0 saturated heterocycles. The van der Waals surface area contributed by atoms with Crippen LogP contribution in [-0.4, -0.2) is 25.5 Å². The fourth-order valence-electron chi connectivity index (χ4n) is 2.21. The smallest absolute Gasteiger partial charge is 0.182 e. The molecule has 0 amide bonds. The first-order valence-corrected chi connectivity index (χ1v) is 7.30. The molecule has 21 heavy (non-hydrogen) atoms. The molecule has 0 unspecified atom stereocenters. The van der Waals surface area contributed by atoms with E-state index in [4.69, 9.17) is 4.74 Å². The van der Waals surface area contributed by atoms with Gasteiger partial charge < -0.3 is 9.64 Å². The summed E-state index contributed by atoms with van der Waals surface area (Å²) in [5, 5.41) is 0. The largest absolute Gasteiger partial charge is 0.494 e. The van der Waals surface area contributed by atoms with Gasteiger partial charge in [0.1, 0.15) is 5.75 Å². The lowest BCUT2D eigenvalue weighted by molar-refractivity contribution is 0.0999. The van der Waals surface area contributed by atoms with Crippen LogP contribution in [-0.2, 0) is 0 Å². The minimum Gasteiger partial charge on any atom is -0.494 e. The number of hydrogen-bond acceptors (Lipinski definition) is 3. The molecule has 0 fully saturated rings. The molecule has 0 aliphatic heterocycles. The lowest BCUT2D eigenvalue weighted by atomic mass is 10.1. The van der Waals surface area contributed by atoms with Crippen molar-refractivity contribution in [3.8, 4) is 5.75 Å². The van der Waals surface area contributed by atoms with E-state index in [9.17, 15) is 4.79 Å². The predicted octanol–water partition coefficient (Wildman–Crippen LogP) is 3.79. The third-order valence-electron chi connectivity index (χ3n) is 3.31. The zero-order valence-electron chi connectivity index (χ0n) is 12.6. The van der Waals surface area contributed by atoms with E-state index >= 15 is 0 Å². The molecule has 0 radical (unpaired) electrons. The lowest BCUT2D eigenvalue weighted by Crippen LogP contribution is -2.29. The van der Waals surface area contributed by atoms with E-state index in [1.165, 1.54) is 0 Å². The van der Waals surface area contributed by atoms with E-state index in [1.54, 1.807) is 0 Å². The van der Waals surface area contributed by atoms with Gasteiger partial charge in [0.05, 0.1) is 13.2 Å². The Morgan fingerprint density at radius 3 is 2.48 bits per heavy atom. The minimum atomic E-state index is 0.124. The maximum atomic E-state index is 12.3. The van der Waals surface area contributed by atoms with E-state index in [0.29, 0.717) is 13.2 Å². The Hall–Kier alpha value is -2.29. The van der Waals surface area contributed by atoms with Crippen molar-refractivity contribution in [3.63, 3.8) is 0 Å². The number of likely N-dealkylation sites (N-methyl/N-ethyl adjacent to an activating group) is 1. The van der Waals surface area contributed by atoms with E-state index < -0.39 is 0 Å². The topological polar surface area (TPSA) is 29.5 Å². The third kappa shape index (κ3) is 4.09. The average Bonchev–Trinajstić information content (AvgIpc) is 2.54. The lowest BCUT2D eigenvalue weighted by Gasteiger charge is -2.23. The van der Waals surface area contributed by atoms with Gasteiger partial charge in [-0.3, -0.25) is 4.79 Å². The second-order valence-electron chi connectivity index (χ2n) is 4.73. The summed E-state index contributed by atoms with van der Waals surface area (Å²) in [5.74, 6) is 0.958. The van der Waals surface area contributed by atoms with E-state index in [1.807, 2.05) is 68.4 Å². The molecular formula is C18H21NO2. The van der Waals surface area contributed by atoms with Gasteiger partial charge in [-0.05, 0) is 26.0 Å². The highest BCUT2D eigenvalue weighted by atomic mass is 16.5. The Bertz CT molecular complexity index is 581. The summed E-state index contributed by atoms with van der Waals surface area (Å²) in [6.07, 6.45) is 0. The van der Waals surface area contributed by atoms with Crippen molar-refractivity contribution in [1.29, 1.82) is 0 Å². The summed E-state index contributed by atoms with van der Waals surface area (Å²) in [6.45, 7) is 5.79. The van der Waals surface area contributed by atoms with Gasteiger partial charge in [-0.1, -0.05) is 36.4 Å². The summed E-state index contributed by atoms with van der Waals surface area (Å²) in [7, 11) is 0. The molecule has 0 atom stereocenters. The Morgan fingerprint density at radius 1 is 1.05 bits per heavy atom. The predicted molar refractivity (Wildman–Crippen MR) is 86.3 cm³/mol. The SMILES string of the molecule is CCOc1cccc(N(CC)CC(=O)c2ccccc2)c1. The van der Waals surface area contributed by atoms with E-state index in [2.05, 4.69) is 4.90 Å². The molecule has 2 aromatic rings. The van der Waals surface area contributed by atoms with Crippen LogP contribution in [0.4, 0.5) is 5.69 Å². The fraction of sp³-hybridized carbons (Fsp3) is 0.278. The molecule has 3 heteroatoms. The van der Waals surface area contributed by atoms with Gasteiger partial charge >= 0.3 is 0 Å². The number of nitrogens with zero attached hydrogens (tertiary/aromatic N) is 1. The number of carbonyl (C=O) groups is 1. The highest BCUT2D eigenvalue weighted by molar-refractivity contribution is 5.99. The van der Waals surface area contributed by atoms with Gasteiger partial charge in [0, 0.05) is 23.9 Å². The summed E-state index contributed by atoms with van der Waals surface area (Å²) in [6, 6.07) is 17.3. The van der Waals surface area contributed by atoms with Gasteiger partial charge in [0.2, 0.25) is 0 Å². The van der Waals surface area contributed by atoms with Crippen molar-refractivity contribution >= 4 is 11.5 Å². The molecule has 0 heterocycles. The molecule has 0 saturated carbocycles. The van der Waals surface area contributed by atoms with Crippen LogP contribution in [0.25, 0.3) is 0 Å². The number of ether oxygens (including phenoxy) is 1. The second-order valence-corrected chi connectivity index (χ2v) is 4.73. The zero-order chi connectivity index (χ0) is 15.1. The maximum Gasteiger partial charge on any atom is 0.182 e. The summed E-state index contributed by atoms with van der Waals surface area (Å²) >= 11 is 0. The summed E-state index contributed by atoms with van der Waals surface area (Å²) < 4.78 is 5.52. The van der Waals surface area contributed by atoms with Gasteiger partial charge in [-0.15, -0.1) is 0 Å². The Kier molecular flexibility index (Phi) is 5.38. The minimum absolute atomic E-state index is 0.124. The van der Waals surface area contributed by atoms with E-state index in [-0.39, 0.29) is 5.78 Å². The fourth-order valence-corrected chi connectivity index (χ4v) is 2.21. The van der Waals surface area contributed by atoms with Crippen LogP contribution in [0.5, 0.6) is 5.75 Å². The number of benzene rings is 2. The van der Waals surface area contributed by atoms with Crippen LogP contribution in [0.2, 0.25) is 0 Å². The van der Waals surface area contributed by atoms with Crippen LogP contribution in [0.1, 0.15) is 24.2 Å². The number of ketones is 1. The Morgan fingerprint density at radius 2 is 1.81 bits per heavy atom. The molecule has 0 aliphatic carbocycles. The first-order valence-electron chi connectivity index (χ1n) is 7.30. The van der Waals surface area contributed by atoms with Crippen molar-refractivity contribution in [1.82, 2.24) is 0 Å². The van der Waals surface area contributed by atoms with Crippen molar-refractivity contribution in [2.75, 3.05) is 24.6 Å². The normalized spacial score (nSPS) is 10.2. The Balaban J connectivity index is 2.13. The molecule has 0 N–H and O–H groups in total. The molecule has 110 valence electrons. The average molecular weight is 283 g/mol. The number of Topliss-reactive ketones (excluding diaryl/α,β-unsaturated/α-hetero) is 1. The van der Waals surface area contributed by atoms with Gasteiger partial charge in [-0.2, -0.15) is 0 Å². The van der Waals surface area contributed by atoms with Crippen molar-refractivity contribution in [3.05, 3.63) is 60.2 Å². The van der Waals surface area contributed by atoms with Crippen LogP contribution in [0, 0.1) is 0 Å². The third-order valence-corrected chi connectivity index (χ3v) is 3.31. The second kappa shape index (κ2) is 7.48. The molecule has 0 aromatic heterocycles. The van der Waals surface area contributed by atoms with Gasteiger partial charge in [-0.25, -0.2) is 0 Å². The van der Waals surface area contributed by atoms with Crippen LogP contribution < -0.4 is 9.64 Å². The highest BCUT2D eigenvalue weighted by Gasteiger charge is 2.12. The molecule has 0 aliphatic rings. The molecule has 0 spiro atoms. The quantitative estimate of drug-likeness (QED) is 0.724. The van der Waals surface area contributed by atoms with Crippen LogP contribution in [0.15, 0.2) is 54.6 Å². The number of rotatable bonds is 7. The van der Waals surface area contributed by atoms with Crippen molar-refractivity contribution in [2.45, 2.75) is 13.8 Å². The maximum absolute atomic E-state index is 12.3. The molecule has 0 bridgehead atoms. The molecule has 2 rings (SSSR count). The first kappa shape index (κ1) is 15.1. The van der Waals surface area contributed by atoms with Gasteiger partial charge in [0.25, 0.3) is 0 Å². The molecule has 2 aromatic carbocycles. The zero-order valence-corrected chi connectivity index (χ0v) is 12.6. The van der Waals surface area contributed by atoms with Crippen molar-refractivity contribution in [2.24, 2.45) is 0 Å². The molecular weight excluding hydrogens is 262 g/mol. The number of anilines is 1. The highest BCUT2D eigenvalue weighted by Crippen LogP contribution is 2.21. The number of hydrogen-bond donors (Lipinski definition) is 0. The summed E-state index contributed by atoms with van der Waals surface area (Å²) in [5.41, 5.74) is 1.75. The van der Waals surface area contributed by atoms with Crippen molar-refractivity contribution < 1.29 is 9.53 Å². The standard InChI is InChI=1S/C18H21NO2/c1-3-19(14-18(20)15-9-6-5-7-10-15)16-11-8-12-17(13-16)21-4-2/h5-13H,3-4,14H2,1-2H3.